The molecule has 2 aromatic carbocycles. The Hall–Kier alpha value is -3.74. The lowest BCUT2D eigenvalue weighted by molar-refractivity contribution is 0.251. The van der Waals surface area contributed by atoms with Crippen LogP contribution in [0.15, 0.2) is 66.9 Å². The smallest absolute Gasteiger partial charge is 0.319 e. The summed E-state index contributed by atoms with van der Waals surface area (Å²) < 4.78 is 16.4. The standard InChI is InChI=1S/C22H23N3O4/c1-3-28-19-6-4-5-7-20(19)29-21-13-8-16(14-23-21)15-24-22(26)25-17-9-11-18(27-2)12-10-17/h4-14H,3,15H2,1-2H3,(H2,24,25,26). The molecule has 150 valence electrons. The van der Waals surface area contributed by atoms with Crippen LogP contribution in [0.1, 0.15) is 12.5 Å². The maximum absolute atomic E-state index is 12.0. The third-order valence-corrected chi connectivity index (χ3v) is 3.96. The molecule has 29 heavy (non-hydrogen) atoms. The van der Waals surface area contributed by atoms with Crippen molar-refractivity contribution in [3.8, 4) is 23.1 Å². The van der Waals surface area contributed by atoms with Gasteiger partial charge < -0.3 is 24.8 Å². The van der Waals surface area contributed by atoms with Crippen LogP contribution in [0.25, 0.3) is 0 Å². The normalized spacial score (nSPS) is 10.1. The highest BCUT2D eigenvalue weighted by Gasteiger charge is 2.07. The van der Waals surface area contributed by atoms with E-state index in [2.05, 4.69) is 15.6 Å². The van der Waals surface area contributed by atoms with Gasteiger partial charge in [-0.1, -0.05) is 18.2 Å². The molecule has 2 N–H and O–H groups in total. The highest BCUT2D eigenvalue weighted by Crippen LogP contribution is 2.30. The number of nitrogens with zero attached hydrogens (tertiary/aromatic N) is 1. The lowest BCUT2D eigenvalue weighted by atomic mass is 10.3. The van der Waals surface area contributed by atoms with Gasteiger partial charge in [-0.05, 0) is 48.9 Å². The second kappa shape index (κ2) is 9.98. The van der Waals surface area contributed by atoms with Gasteiger partial charge in [0.2, 0.25) is 5.88 Å². The molecular weight excluding hydrogens is 370 g/mol. The van der Waals surface area contributed by atoms with Gasteiger partial charge >= 0.3 is 6.03 Å². The Morgan fingerprint density at radius 1 is 1.00 bits per heavy atom. The average molecular weight is 393 g/mol. The second-order valence-electron chi connectivity index (χ2n) is 6.02. The first kappa shape index (κ1) is 20.0. The molecule has 2 amide bonds. The monoisotopic (exact) mass is 393 g/mol. The first-order valence-corrected chi connectivity index (χ1v) is 9.21. The minimum Gasteiger partial charge on any atom is -0.497 e. The van der Waals surface area contributed by atoms with Crippen LogP contribution in [0.3, 0.4) is 0 Å². The number of carbonyl (C=O) groups excluding carboxylic acids is 1. The zero-order valence-electron chi connectivity index (χ0n) is 16.3. The van der Waals surface area contributed by atoms with Gasteiger partial charge in [0.25, 0.3) is 0 Å². The summed E-state index contributed by atoms with van der Waals surface area (Å²) in [6.45, 7) is 2.81. The van der Waals surface area contributed by atoms with E-state index in [1.165, 1.54) is 0 Å². The number of pyridine rings is 1. The number of urea groups is 1. The second-order valence-corrected chi connectivity index (χ2v) is 6.02. The number of hydrogen-bond donors (Lipinski definition) is 2. The maximum atomic E-state index is 12.0. The number of ether oxygens (including phenoxy) is 3. The summed E-state index contributed by atoms with van der Waals surface area (Å²) in [7, 11) is 1.59. The van der Waals surface area contributed by atoms with Gasteiger partial charge in [0.05, 0.1) is 13.7 Å². The number of hydrogen-bond acceptors (Lipinski definition) is 5. The van der Waals surface area contributed by atoms with Crippen LogP contribution >= 0.6 is 0 Å². The third kappa shape index (κ3) is 5.87. The summed E-state index contributed by atoms with van der Waals surface area (Å²) in [5, 5.41) is 5.55. The Kier molecular flexibility index (Phi) is 6.89. The molecule has 0 fully saturated rings. The number of methoxy groups -OCH3 is 1. The zero-order chi connectivity index (χ0) is 20.5. The third-order valence-electron chi connectivity index (χ3n) is 3.96. The van der Waals surface area contributed by atoms with E-state index in [0.29, 0.717) is 36.2 Å². The van der Waals surface area contributed by atoms with Crippen molar-refractivity contribution in [3.05, 3.63) is 72.4 Å². The molecular formula is C22H23N3O4. The van der Waals surface area contributed by atoms with E-state index in [0.717, 1.165) is 11.3 Å². The molecule has 0 aliphatic heterocycles. The molecule has 0 spiro atoms. The fraction of sp³-hybridized carbons (Fsp3) is 0.182. The lowest BCUT2D eigenvalue weighted by Gasteiger charge is -2.11. The van der Waals surface area contributed by atoms with Crippen molar-refractivity contribution in [3.63, 3.8) is 0 Å². The largest absolute Gasteiger partial charge is 0.497 e. The topological polar surface area (TPSA) is 81.7 Å². The molecule has 0 saturated heterocycles. The Labute approximate surface area is 169 Å². The molecule has 7 heteroatoms. The van der Waals surface area contributed by atoms with Gasteiger partial charge in [-0.2, -0.15) is 0 Å². The minimum absolute atomic E-state index is 0.305. The molecule has 0 saturated carbocycles. The molecule has 0 aliphatic rings. The summed E-state index contributed by atoms with van der Waals surface area (Å²) in [5.74, 6) is 2.45. The number of rotatable bonds is 8. The number of benzene rings is 2. The van der Waals surface area contributed by atoms with Gasteiger partial charge in [0.1, 0.15) is 5.75 Å². The van der Waals surface area contributed by atoms with Crippen molar-refractivity contribution in [2.24, 2.45) is 0 Å². The van der Waals surface area contributed by atoms with E-state index < -0.39 is 0 Å². The molecule has 0 aliphatic carbocycles. The summed E-state index contributed by atoms with van der Waals surface area (Å²) in [4.78, 5) is 16.3. The summed E-state index contributed by atoms with van der Waals surface area (Å²) in [6.07, 6.45) is 1.66. The van der Waals surface area contributed by atoms with Gasteiger partial charge in [0.15, 0.2) is 11.5 Å². The molecule has 1 aromatic heterocycles. The Morgan fingerprint density at radius 2 is 1.76 bits per heavy atom. The molecule has 3 aromatic rings. The van der Waals surface area contributed by atoms with Crippen molar-refractivity contribution in [2.45, 2.75) is 13.5 Å². The Morgan fingerprint density at radius 3 is 2.41 bits per heavy atom. The van der Waals surface area contributed by atoms with E-state index in [1.54, 1.807) is 43.6 Å². The van der Waals surface area contributed by atoms with Crippen LogP contribution in [-0.4, -0.2) is 24.7 Å². The molecule has 3 rings (SSSR count). The van der Waals surface area contributed by atoms with Crippen LogP contribution in [0.5, 0.6) is 23.1 Å². The van der Waals surface area contributed by atoms with E-state index in [-0.39, 0.29) is 6.03 Å². The Balaban J connectivity index is 1.52. The van der Waals surface area contributed by atoms with Crippen LogP contribution in [0.4, 0.5) is 10.5 Å². The average Bonchev–Trinajstić information content (AvgIpc) is 2.75. The lowest BCUT2D eigenvalue weighted by Crippen LogP contribution is -2.28. The highest BCUT2D eigenvalue weighted by molar-refractivity contribution is 5.89. The molecule has 1 heterocycles. The molecule has 0 radical (unpaired) electrons. The van der Waals surface area contributed by atoms with Gasteiger partial charge in [0, 0.05) is 24.5 Å². The molecule has 0 unspecified atom stereocenters. The van der Waals surface area contributed by atoms with Crippen LogP contribution < -0.4 is 24.8 Å². The fourth-order valence-electron chi connectivity index (χ4n) is 2.53. The minimum atomic E-state index is -0.305. The number of anilines is 1. The summed E-state index contributed by atoms with van der Waals surface area (Å²) in [5.41, 5.74) is 1.53. The van der Waals surface area contributed by atoms with E-state index >= 15 is 0 Å². The number of amides is 2. The maximum Gasteiger partial charge on any atom is 0.319 e. The number of para-hydroxylation sites is 2. The summed E-state index contributed by atoms with van der Waals surface area (Å²) in [6, 6.07) is 17.8. The van der Waals surface area contributed by atoms with Crippen molar-refractivity contribution in [2.75, 3.05) is 19.0 Å². The van der Waals surface area contributed by atoms with Crippen molar-refractivity contribution < 1.29 is 19.0 Å². The number of nitrogens with one attached hydrogen (secondary N) is 2. The van der Waals surface area contributed by atoms with Crippen molar-refractivity contribution >= 4 is 11.7 Å². The predicted octanol–water partition coefficient (Wildman–Crippen LogP) is 4.60. The first-order chi connectivity index (χ1) is 14.2. The van der Waals surface area contributed by atoms with Crippen LogP contribution in [0.2, 0.25) is 0 Å². The van der Waals surface area contributed by atoms with Crippen molar-refractivity contribution in [1.82, 2.24) is 10.3 Å². The summed E-state index contributed by atoms with van der Waals surface area (Å²) >= 11 is 0. The van der Waals surface area contributed by atoms with Crippen LogP contribution in [0, 0.1) is 0 Å². The molecule has 0 atom stereocenters. The van der Waals surface area contributed by atoms with Gasteiger partial charge in [-0.25, -0.2) is 9.78 Å². The van der Waals surface area contributed by atoms with E-state index in [9.17, 15) is 4.79 Å². The first-order valence-electron chi connectivity index (χ1n) is 9.21. The van der Waals surface area contributed by atoms with Crippen molar-refractivity contribution in [1.29, 1.82) is 0 Å². The van der Waals surface area contributed by atoms with Crippen LogP contribution in [-0.2, 0) is 6.54 Å². The number of aromatic nitrogens is 1. The van der Waals surface area contributed by atoms with Gasteiger partial charge in [-0.15, -0.1) is 0 Å². The quantitative estimate of drug-likeness (QED) is 0.584. The predicted molar refractivity (Wildman–Crippen MR) is 111 cm³/mol. The highest BCUT2D eigenvalue weighted by atomic mass is 16.5. The fourth-order valence-corrected chi connectivity index (χ4v) is 2.53. The van der Waals surface area contributed by atoms with E-state index in [4.69, 9.17) is 14.2 Å². The SMILES string of the molecule is CCOc1ccccc1Oc1ccc(CNC(=O)Nc2ccc(OC)cc2)cn1. The Bertz CT molecular complexity index is 928. The zero-order valence-corrected chi connectivity index (χ0v) is 16.3. The number of carbonyl (C=O) groups is 1. The molecule has 7 nitrogen and oxygen atoms in total. The van der Waals surface area contributed by atoms with Gasteiger partial charge in [-0.3, -0.25) is 0 Å². The van der Waals surface area contributed by atoms with E-state index in [1.807, 2.05) is 37.3 Å². The molecule has 0 bridgehead atoms.